The molecule has 0 saturated heterocycles. The van der Waals surface area contributed by atoms with Crippen molar-refractivity contribution >= 4 is 29.7 Å². The molecule has 2 aromatic rings. The molecule has 2 aromatic carbocycles. The second kappa shape index (κ2) is 9.69. The predicted octanol–water partition coefficient (Wildman–Crippen LogP) is 3.70. The highest BCUT2D eigenvalue weighted by atomic mass is 32.2. The van der Waals surface area contributed by atoms with Crippen LogP contribution in [-0.2, 0) is 9.53 Å². The number of methoxy groups -OCH3 is 1. The number of aryl methyl sites for hydroxylation is 1. The van der Waals surface area contributed by atoms with E-state index in [9.17, 15) is 9.59 Å². The van der Waals surface area contributed by atoms with Crippen molar-refractivity contribution in [3.05, 3.63) is 71.3 Å². The van der Waals surface area contributed by atoms with Crippen molar-refractivity contribution in [3.8, 4) is 0 Å². The Kier molecular flexibility index (Phi) is 7.29. The molecule has 0 aromatic heterocycles. The van der Waals surface area contributed by atoms with E-state index in [1.807, 2.05) is 0 Å². The van der Waals surface area contributed by atoms with Gasteiger partial charge in [0.15, 0.2) is 0 Å². The van der Waals surface area contributed by atoms with E-state index in [-0.39, 0.29) is 11.9 Å². The maximum Gasteiger partial charge on any atom is 0.337 e. The predicted molar refractivity (Wildman–Crippen MR) is 102 cm³/mol. The molecule has 0 atom stereocenters. The van der Waals surface area contributed by atoms with Crippen molar-refractivity contribution in [1.82, 2.24) is 5.32 Å². The molecule has 1 N–H and O–H groups in total. The average Bonchev–Trinajstić information content (AvgIpc) is 2.64. The molecule has 0 radical (unpaired) electrons. The van der Waals surface area contributed by atoms with Gasteiger partial charge in [0.2, 0.25) is 5.91 Å². The van der Waals surface area contributed by atoms with Crippen LogP contribution < -0.4 is 5.32 Å². The first-order valence-electron chi connectivity index (χ1n) is 7.92. The smallest absolute Gasteiger partial charge is 0.337 e. The molecule has 0 aliphatic carbocycles. The van der Waals surface area contributed by atoms with E-state index in [0.29, 0.717) is 12.1 Å². The molecule has 0 spiro atoms. The number of ether oxygens (including phenoxy) is 1. The van der Waals surface area contributed by atoms with E-state index >= 15 is 0 Å². The highest BCUT2D eigenvalue weighted by Gasteiger charge is 2.03. The summed E-state index contributed by atoms with van der Waals surface area (Å²) in [5.74, 6) is 0.303. The molecule has 1 amide bonds. The summed E-state index contributed by atoms with van der Waals surface area (Å²) in [5, 5.41) is 2.85. The van der Waals surface area contributed by atoms with Gasteiger partial charge in [-0.15, -0.1) is 11.8 Å². The number of carbonyl (C=O) groups is 2. The second-order valence-electron chi connectivity index (χ2n) is 5.40. The Morgan fingerprint density at radius 1 is 1.08 bits per heavy atom. The number of carbonyl (C=O) groups excluding carboxylic acids is 2. The van der Waals surface area contributed by atoms with Gasteiger partial charge in [-0.05, 0) is 42.8 Å². The van der Waals surface area contributed by atoms with Crippen LogP contribution in [0.1, 0.15) is 21.5 Å². The summed E-state index contributed by atoms with van der Waals surface area (Å²) in [5.41, 5.74) is 2.57. The van der Waals surface area contributed by atoms with Gasteiger partial charge >= 0.3 is 5.97 Å². The fraction of sp³-hybridized carbons (Fsp3) is 0.200. The first-order valence-corrected chi connectivity index (χ1v) is 8.91. The zero-order valence-corrected chi connectivity index (χ0v) is 15.1. The minimum absolute atomic E-state index is 0.137. The molecule has 0 fully saturated rings. The third-order valence-electron chi connectivity index (χ3n) is 3.45. The first kappa shape index (κ1) is 18.8. The highest BCUT2D eigenvalue weighted by Crippen LogP contribution is 2.17. The summed E-state index contributed by atoms with van der Waals surface area (Å²) < 4.78 is 4.64. The monoisotopic (exact) mass is 355 g/mol. The van der Waals surface area contributed by atoms with E-state index in [4.69, 9.17) is 0 Å². The number of hydrogen-bond donors (Lipinski definition) is 1. The van der Waals surface area contributed by atoms with Crippen LogP contribution in [0.15, 0.2) is 59.5 Å². The molecule has 25 heavy (non-hydrogen) atoms. The summed E-state index contributed by atoms with van der Waals surface area (Å²) in [7, 11) is 1.34. The molecule has 0 saturated carbocycles. The van der Waals surface area contributed by atoms with Crippen molar-refractivity contribution in [2.45, 2.75) is 11.8 Å². The van der Waals surface area contributed by atoms with Gasteiger partial charge in [0.05, 0.1) is 12.7 Å². The Labute approximate surface area is 152 Å². The van der Waals surface area contributed by atoms with Gasteiger partial charge in [0.1, 0.15) is 0 Å². The molecule has 2 rings (SSSR count). The number of amides is 1. The lowest BCUT2D eigenvalue weighted by Crippen LogP contribution is -2.23. The molecule has 4 nitrogen and oxygen atoms in total. The van der Waals surface area contributed by atoms with Crippen molar-refractivity contribution in [1.29, 1.82) is 0 Å². The second-order valence-corrected chi connectivity index (χ2v) is 6.57. The zero-order valence-electron chi connectivity index (χ0n) is 14.3. The Balaban J connectivity index is 1.73. The lowest BCUT2D eigenvalue weighted by atomic mass is 10.1. The van der Waals surface area contributed by atoms with Gasteiger partial charge in [0, 0.05) is 23.3 Å². The summed E-state index contributed by atoms with van der Waals surface area (Å²) in [6.07, 6.45) is 3.20. The maximum absolute atomic E-state index is 11.8. The van der Waals surface area contributed by atoms with Crippen LogP contribution in [0.3, 0.4) is 0 Å². The minimum atomic E-state index is -0.376. The van der Waals surface area contributed by atoms with Crippen LogP contribution in [-0.4, -0.2) is 31.3 Å². The van der Waals surface area contributed by atoms with E-state index in [1.54, 1.807) is 42.1 Å². The van der Waals surface area contributed by atoms with Crippen molar-refractivity contribution in [2.75, 3.05) is 19.4 Å². The van der Waals surface area contributed by atoms with Crippen LogP contribution in [0.5, 0.6) is 0 Å². The molecule has 0 bridgehead atoms. The van der Waals surface area contributed by atoms with Gasteiger partial charge in [-0.1, -0.05) is 29.8 Å². The summed E-state index contributed by atoms with van der Waals surface area (Å²) >= 11 is 1.71. The van der Waals surface area contributed by atoms with Crippen LogP contribution in [0.25, 0.3) is 6.08 Å². The van der Waals surface area contributed by atoms with Crippen molar-refractivity contribution in [2.24, 2.45) is 0 Å². The Morgan fingerprint density at radius 3 is 2.40 bits per heavy atom. The van der Waals surface area contributed by atoms with Gasteiger partial charge in [-0.2, -0.15) is 0 Å². The molecule has 0 aliphatic rings. The Bertz CT molecular complexity index is 737. The van der Waals surface area contributed by atoms with E-state index in [1.165, 1.54) is 23.6 Å². The standard InChI is InChI=1S/C20H21NO3S/c1-15-3-10-18(11-4-15)25-14-13-21-19(22)12-7-16-5-8-17(9-6-16)20(23)24-2/h3-12H,13-14H2,1-2H3,(H,21,22). The lowest BCUT2D eigenvalue weighted by Gasteiger charge is -2.03. The van der Waals surface area contributed by atoms with Crippen molar-refractivity contribution in [3.63, 3.8) is 0 Å². The third kappa shape index (κ3) is 6.47. The van der Waals surface area contributed by atoms with Gasteiger partial charge in [0.25, 0.3) is 0 Å². The Morgan fingerprint density at radius 2 is 1.76 bits per heavy atom. The maximum atomic E-state index is 11.8. The molecular formula is C20H21NO3S. The molecule has 0 unspecified atom stereocenters. The number of rotatable bonds is 7. The summed E-state index contributed by atoms with van der Waals surface area (Å²) in [4.78, 5) is 24.4. The van der Waals surface area contributed by atoms with Gasteiger partial charge in [-0.3, -0.25) is 4.79 Å². The van der Waals surface area contributed by atoms with Crippen LogP contribution in [0.4, 0.5) is 0 Å². The third-order valence-corrected chi connectivity index (χ3v) is 4.46. The molecule has 5 heteroatoms. The van der Waals surface area contributed by atoms with Crippen LogP contribution in [0.2, 0.25) is 0 Å². The average molecular weight is 355 g/mol. The molecule has 0 aliphatic heterocycles. The van der Waals surface area contributed by atoms with E-state index < -0.39 is 0 Å². The van der Waals surface area contributed by atoms with E-state index in [0.717, 1.165) is 11.3 Å². The van der Waals surface area contributed by atoms with Crippen molar-refractivity contribution < 1.29 is 14.3 Å². The minimum Gasteiger partial charge on any atom is -0.465 e. The largest absolute Gasteiger partial charge is 0.465 e. The van der Waals surface area contributed by atoms with Crippen LogP contribution >= 0.6 is 11.8 Å². The number of thioether (sulfide) groups is 1. The Hall–Kier alpha value is -2.53. The first-order chi connectivity index (χ1) is 12.1. The quantitative estimate of drug-likeness (QED) is 0.356. The fourth-order valence-electron chi connectivity index (χ4n) is 2.06. The molecular weight excluding hydrogens is 334 g/mol. The summed E-state index contributed by atoms with van der Waals surface area (Å²) in [6.45, 7) is 2.66. The fourth-order valence-corrected chi connectivity index (χ4v) is 2.82. The number of esters is 1. The topological polar surface area (TPSA) is 55.4 Å². The molecule has 130 valence electrons. The number of benzene rings is 2. The normalized spacial score (nSPS) is 10.6. The lowest BCUT2D eigenvalue weighted by molar-refractivity contribution is -0.116. The highest BCUT2D eigenvalue weighted by molar-refractivity contribution is 7.99. The summed E-state index contributed by atoms with van der Waals surface area (Å²) in [6, 6.07) is 15.2. The number of nitrogens with one attached hydrogen (secondary N) is 1. The zero-order chi connectivity index (χ0) is 18.1. The van der Waals surface area contributed by atoms with Gasteiger partial charge < -0.3 is 10.1 Å². The SMILES string of the molecule is COC(=O)c1ccc(C=CC(=O)NCCSc2ccc(C)cc2)cc1. The van der Waals surface area contributed by atoms with Crippen LogP contribution in [0, 0.1) is 6.92 Å². The number of hydrogen-bond acceptors (Lipinski definition) is 4. The van der Waals surface area contributed by atoms with E-state index in [2.05, 4.69) is 41.2 Å². The van der Waals surface area contributed by atoms with Gasteiger partial charge in [-0.25, -0.2) is 4.79 Å². The molecule has 0 heterocycles.